The van der Waals surface area contributed by atoms with Crippen LogP contribution < -0.4 is 5.56 Å². The summed E-state index contributed by atoms with van der Waals surface area (Å²) in [5, 5.41) is 8.25. The zero-order valence-corrected chi connectivity index (χ0v) is 12.5. The Kier molecular flexibility index (Phi) is 5.48. The quantitative estimate of drug-likeness (QED) is 0.885. The van der Waals surface area contributed by atoms with Crippen molar-refractivity contribution in [2.45, 2.75) is 18.8 Å². The molecule has 2 aromatic rings. The molecule has 3 nitrogen and oxygen atoms in total. The van der Waals surface area contributed by atoms with E-state index < -0.39 is 0 Å². The van der Waals surface area contributed by atoms with E-state index in [2.05, 4.69) is 24.0 Å². The van der Waals surface area contributed by atoms with Crippen LogP contribution >= 0.6 is 0 Å². The van der Waals surface area contributed by atoms with E-state index >= 15 is 0 Å². The fourth-order valence-corrected chi connectivity index (χ4v) is 1.86. The summed E-state index contributed by atoms with van der Waals surface area (Å²) in [5.41, 5.74) is 0.742. The predicted octanol–water partition coefficient (Wildman–Crippen LogP) is 2.45. The van der Waals surface area contributed by atoms with Crippen molar-refractivity contribution in [3.05, 3.63) is 54.2 Å². The summed E-state index contributed by atoms with van der Waals surface area (Å²) < 4.78 is 0. The maximum atomic E-state index is 11.6. The van der Waals surface area contributed by atoms with Crippen LogP contribution in [0.3, 0.4) is 0 Å². The third kappa shape index (κ3) is 2.83. The van der Waals surface area contributed by atoms with Gasteiger partial charge in [0.15, 0.2) is 0 Å². The molecule has 1 N–H and O–H groups in total. The number of aromatic nitrogens is 2. The molecule has 0 aliphatic heterocycles. The number of benzene rings is 1. The van der Waals surface area contributed by atoms with Crippen molar-refractivity contribution in [3.63, 3.8) is 0 Å². The molecule has 1 radical (unpaired) electrons. The zero-order chi connectivity index (χ0) is 11.5. The molecule has 0 fully saturated rings. The van der Waals surface area contributed by atoms with Crippen molar-refractivity contribution in [2.24, 2.45) is 0 Å². The first kappa shape index (κ1) is 14.5. The van der Waals surface area contributed by atoms with Crippen molar-refractivity contribution in [1.29, 1.82) is 0 Å². The number of hydrogen-bond acceptors (Lipinski definition) is 2. The topological polar surface area (TPSA) is 45.8 Å². The first-order chi connectivity index (χ1) is 7.77. The Labute approximate surface area is 126 Å². The van der Waals surface area contributed by atoms with Crippen molar-refractivity contribution < 1.29 is 32.7 Å². The Balaban J connectivity index is 0.00000144. The Morgan fingerprint density at radius 1 is 1.18 bits per heavy atom. The Hall–Kier alpha value is -0.536. The van der Waals surface area contributed by atoms with E-state index in [1.165, 1.54) is 0 Å². The monoisotopic (exact) mass is 303 g/mol. The molecule has 0 atom stereocenters. The zero-order valence-electron chi connectivity index (χ0n) is 9.65. The second kappa shape index (κ2) is 6.41. The van der Waals surface area contributed by atoms with Gasteiger partial charge in [0.25, 0.3) is 5.56 Å². The molecule has 0 bridgehead atoms. The molecule has 1 aromatic heterocycles. The van der Waals surface area contributed by atoms with E-state index in [0.717, 1.165) is 23.9 Å². The third-order valence-corrected chi connectivity index (χ3v) is 2.81. The summed E-state index contributed by atoms with van der Waals surface area (Å²) in [5.74, 6) is 0.196. The molecule has 0 amide bonds. The van der Waals surface area contributed by atoms with E-state index in [1.54, 1.807) is 0 Å². The number of nitrogens with one attached hydrogen (secondary N) is 1. The van der Waals surface area contributed by atoms with E-state index in [0.29, 0.717) is 5.39 Å². The summed E-state index contributed by atoms with van der Waals surface area (Å²) in [4.78, 5) is 11.6. The maximum Gasteiger partial charge on any atom is 0.272 e. The summed E-state index contributed by atoms with van der Waals surface area (Å²) in [6.07, 6.45) is 1.46. The molecule has 4 heteroatoms. The van der Waals surface area contributed by atoms with Crippen LogP contribution in [-0.2, 0) is 32.7 Å². The predicted molar refractivity (Wildman–Crippen MR) is 65.1 cm³/mol. The van der Waals surface area contributed by atoms with Gasteiger partial charge < -0.3 is 13.8 Å². The van der Waals surface area contributed by atoms with E-state index in [1.807, 2.05) is 24.3 Å². The van der Waals surface area contributed by atoms with Crippen molar-refractivity contribution in [3.8, 4) is 0 Å². The van der Waals surface area contributed by atoms with Crippen molar-refractivity contribution in [2.75, 3.05) is 0 Å². The molecule has 17 heavy (non-hydrogen) atoms. The average Bonchev–Trinajstić information content (AvgIpc) is 2.34. The first-order valence-electron chi connectivity index (χ1n) is 5.33. The van der Waals surface area contributed by atoms with Gasteiger partial charge in [-0.25, -0.2) is 5.10 Å². The standard InChI is InChI=1S/C13H14N2O.Y/c1-3-9(4-2)12-10-7-5-6-8-11(10)13(16)15-14-12;/h5-9H,1-4H2,(H,15,16);/q-2;. The third-order valence-electron chi connectivity index (χ3n) is 2.81. The van der Waals surface area contributed by atoms with Crippen LogP contribution in [0.25, 0.3) is 10.8 Å². The fourth-order valence-electron chi connectivity index (χ4n) is 1.86. The Bertz CT molecular complexity index is 546. The molecular formula is C13H14N2OY-2. The van der Waals surface area contributed by atoms with Crippen molar-refractivity contribution >= 4 is 10.8 Å². The van der Waals surface area contributed by atoms with Gasteiger partial charge in [0.05, 0.1) is 11.1 Å². The van der Waals surface area contributed by atoms with Gasteiger partial charge in [-0.2, -0.15) is 17.9 Å². The maximum absolute atomic E-state index is 11.6. The van der Waals surface area contributed by atoms with Crippen LogP contribution in [0.4, 0.5) is 0 Å². The van der Waals surface area contributed by atoms with E-state index in [9.17, 15) is 4.79 Å². The molecule has 0 aliphatic carbocycles. The number of H-pyrrole nitrogens is 1. The smallest absolute Gasteiger partial charge is 0.272 e. The van der Waals surface area contributed by atoms with Crippen molar-refractivity contribution in [1.82, 2.24) is 10.2 Å². The molecule has 0 spiro atoms. The minimum Gasteiger partial charge on any atom is -0.343 e. The SMILES string of the molecule is [CH2-]CC(C[CH2-])c1n[nH]c(=O)c2ccccc12.[Y]. The largest absolute Gasteiger partial charge is 0.343 e. The number of nitrogens with zero attached hydrogens (tertiary/aromatic N) is 1. The summed E-state index contributed by atoms with van der Waals surface area (Å²) >= 11 is 0. The number of rotatable bonds is 3. The van der Waals surface area contributed by atoms with E-state index in [-0.39, 0.29) is 44.2 Å². The molecule has 2 rings (SSSR count). The van der Waals surface area contributed by atoms with Gasteiger partial charge in [-0.05, 0) is 6.07 Å². The van der Waals surface area contributed by atoms with E-state index in [4.69, 9.17) is 0 Å². The average molecular weight is 303 g/mol. The van der Waals surface area contributed by atoms with Gasteiger partial charge in [-0.15, -0.1) is 0 Å². The molecule has 0 unspecified atom stereocenters. The molecule has 1 aromatic carbocycles. The molecule has 0 aliphatic rings. The second-order valence-corrected chi connectivity index (χ2v) is 3.76. The van der Waals surface area contributed by atoms with Gasteiger partial charge in [0.2, 0.25) is 0 Å². The van der Waals surface area contributed by atoms with Crippen LogP contribution in [0.1, 0.15) is 24.5 Å². The van der Waals surface area contributed by atoms with Crippen LogP contribution in [-0.4, -0.2) is 10.2 Å². The van der Waals surface area contributed by atoms with Crippen LogP contribution in [0.15, 0.2) is 29.1 Å². The van der Waals surface area contributed by atoms with Gasteiger partial charge in [0.1, 0.15) is 0 Å². The molecule has 0 saturated heterocycles. The van der Waals surface area contributed by atoms with Gasteiger partial charge in [-0.1, -0.05) is 24.1 Å². The Morgan fingerprint density at radius 2 is 1.76 bits per heavy atom. The van der Waals surface area contributed by atoms with Crippen LogP contribution in [0, 0.1) is 13.8 Å². The molecule has 0 saturated carbocycles. The van der Waals surface area contributed by atoms with Gasteiger partial charge in [-0.3, -0.25) is 4.79 Å². The first-order valence-corrected chi connectivity index (χ1v) is 5.33. The second-order valence-electron chi connectivity index (χ2n) is 3.76. The summed E-state index contributed by atoms with van der Waals surface area (Å²) in [7, 11) is 0. The minimum absolute atomic E-state index is 0. The normalized spacial score (nSPS) is 10.5. The Morgan fingerprint density at radius 3 is 2.35 bits per heavy atom. The summed E-state index contributed by atoms with van der Waals surface area (Å²) in [6.45, 7) is 7.78. The van der Waals surface area contributed by atoms with Gasteiger partial charge in [0, 0.05) is 38.1 Å². The number of hydrogen-bond donors (Lipinski definition) is 1. The van der Waals surface area contributed by atoms with Crippen LogP contribution in [0.5, 0.6) is 0 Å². The molecule has 87 valence electrons. The molecule has 1 heterocycles. The minimum atomic E-state index is -0.147. The summed E-state index contributed by atoms with van der Waals surface area (Å²) in [6, 6.07) is 7.49. The number of fused-ring (bicyclic) bond motifs is 1. The van der Waals surface area contributed by atoms with Gasteiger partial charge >= 0.3 is 0 Å². The fraction of sp³-hybridized carbons (Fsp3) is 0.231. The number of aromatic amines is 1. The van der Waals surface area contributed by atoms with Crippen LogP contribution in [0.2, 0.25) is 0 Å². The molecular weight excluding hydrogens is 289 g/mol.